The minimum atomic E-state index is 0.137. The van der Waals surface area contributed by atoms with Crippen LogP contribution in [0.3, 0.4) is 0 Å². The molecule has 0 aliphatic heterocycles. The maximum Gasteiger partial charge on any atom is 0.0586 e. The summed E-state index contributed by atoms with van der Waals surface area (Å²) in [6, 6.07) is 14.4. The van der Waals surface area contributed by atoms with E-state index in [9.17, 15) is 0 Å². The topological polar surface area (TPSA) is 12.0 Å². The van der Waals surface area contributed by atoms with E-state index >= 15 is 0 Å². The number of halogens is 2. The van der Waals surface area contributed by atoms with E-state index in [-0.39, 0.29) is 6.04 Å². The van der Waals surface area contributed by atoms with Crippen molar-refractivity contribution in [3.05, 3.63) is 68.7 Å². The second kappa shape index (κ2) is 5.87. The van der Waals surface area contributed by atoms with Crippen LogP contribution in [0.5, 0.6) is 0 Å². The van der Waals surface area contributed by atoms with Crippen LogP contribution in [0.25, 0.3) is 0 Å². The van der Waals surface area contributed by atoms with E-state index < -0.39 is 0 Å². The molecule has 0 aliphatic rings. The van der Waals surface area contributed by atoms with Crippen LogP contribution < -0.4 is 5.32 Å². The molecule has 1 unspecified atom stereocenters. The first-order chi connectivity index (χ1) is 8.63. The van der Waals surface area contributed by atoms with E-state index in [2.05, 4.69) is 52.4 Å². The zero-order valence-electron chi connectivity index (χ0n) is 10.4. The smallest absolute Gasteiger partial charge is 0.0586 e. The standard InChI is InChI=1S/C15H15BrClN/c1-10-5-3-8-13(14(10)16)15(18-2)11-6-4-7-12(17)9-11/h3-9,15,18H,1-2H3. The van der Waals surface area contributed by atoms with Crippen LogP contribution >= 0.6 is 27.5 Å². The second-order valence-electron chi connectivity index (χ2n) is 4.25. The van der Waals surface area contributed by atoms with Gasteiger partial charge in [-0.25, -0.2) is 0 Å². The largest absolute Gasteiger partial charge is 0.309 e. The molecule has 3 heteroatoms. The van der Waals surface area contributed by atoms with E-state index in [1.165, 1.54) is 11.1 Å². The van der Waals surface area contributed by atoms with E-state index in [4.69, 9.17) is 11.6 Å². The van der Waals surface area contributed by atoms with Gasteiger partial charge in [-0.2, -0.15) is 0 Å². The molecule has 1 nitrogen and oxygen atoms in total. The van der Waals surface area contributed by atoms with E-state index in [1.54, 1.807) is 0 Å². The molecule has 0 saturated heterocycles. The van der Waals surface area contributed by atoms with Gasteiger partial charge in [-0.3, -0.25) is 0 Å². The highest BCUT2D eigenvalue weighted by Gasteiger charge is 2.15. The molecule has 2 aromatic carbocycles. The van der Waals surface area contributed by atoms with E-state index in [1.807, 2.05) is 25.2 Å². The summed E-state index contributed by atoms with van der Waals surface area (Å²) in [5.74, 6) is 0. The van der Waals surface area contributed by atoms with Crippen LogP contribution in [0.1, 0.15) is 22.7 Å². The van der Waals surface area contributed by atoms with Crippen LogP contribution in [0.15, 0.2) is 46.9 Å². The SMILES string of the molecule is CNC(c1cccc(Cl)c1)c1cccc(C)c1Br. The molecule has 2 rings (SSSR count). The highest BCUT2D eigenvalue weighted by Crippen LogP contribution is 2.31. The van der Waals surface area contributed by atoms with Gasteiger partial charge in [0.15, 0.2) is 0 Å². The van der Waals surface area contributed by atoms with Crippen molar-refractivity contribution in [2.45, 2.75) is 13.0 Å². The molecule has 0 aliphatic carbocycles. The average Bonchev–Trinajstić information content (AvgIpc) is 2.35. The quantitative estimate of drug-likeness (QED) is 0.861. The summed E-state index contributed by atoms with van der Waals surface area (Å²) < 4.78 is 1.14. The molecule has 1 atom stereocenters. The minimum absolute atomic E-state index is 0.137. The zero-order chi connectivity index (χ0) is 13.1. The minimum Gasteiger partial charge on any atom is -0.309 e. The Hall–Kier alpha value is -0.830. The Balaban J connectivity index is 2.49. The summed E-state index contributed by atoms with van der Waals surface area (Å²) in [6.45, 7) is 2.10. The van der Waals surface area contributed by atoms with Gasteiger partial charge in [-0.05, 0) is 42.8 Å². The molecule has 0 spiro atoms. The second-order valence-corrected chi connectivity index (χ2v) is 5.48. The van der Waals surface area contributed by atoms with Gasteiger partial charge in [0, 0.05) is 9.50 Å². The van der Waals surface area contributed by atoms with Crippen molar-refractivity contribution in [1.29, 1.82) is 0 Å². The predicted octanol–water partition coefficient (Wildman–Crippen LogP) is 4.72. The lowest BCUT2D eigenvalue weighted by atomic mass is 9.97. The average molecular weight is 325 g/mol. The number of rotatable bonds is 3. The third-order valence-electron chi connectivity index (χ3n) is 3.00. The summed E-state index contributed by atoms with van der Waals surface area (Å²) in [4.78, 5) is 0. The number of hydrogen-bond donors (Lipinski definition) is 1. The van der Waals surface area contributed by atoms with Crippen molar-refractivity contribution >= 4 is 27.5 Å². The van der Waals surface area contributed by atoms with E-state index in [0.717, 1.165) is 15.1 Å². The van der Waals surface area contributed by atoms with Crippen molar-refractivity contribution < 1.29 is 0 Å². The first-order valence-electron chi connectivity index (χ1n) is 5.81. The van der Waals surface area contributed by atoms with Crippen LogP contribution in [0.4, 0.5) is 0 Å². The predicted molar refractivity (Wildman–Crippen MR) is 81.2 cm³/mol. The molecule has 0 amide bonds. The summed E-state index contributed by atoms with van der Waals surface area (Å²) in [6.07, 6.45) is 0. The number of nitrogens with one attached hydrogen (secondary N) is 1. The van der Waals surface area contributed by atoms with Crippen LogP contribution in [-0.2, 0) is 0 Å². The molecule has 0 bridgehead atoms. The van der Waals surface area contributed by atoms with Crippen LogP contribution in [0.2, 0.25) is 5.02 Å². The molecule has 0 aromatic heterocycles. The molecule has 18 heavy (non-hydrogen) atoms. The monoisotopic (exact) mass is 323 g/mol. The van der Waals surface area contributed by atoms with Crippen LogP contribution in [0, 0.1) is 6.92 Å². The Labute approximate surface area is 121 Å². The fourth-order valence-electron chi connectivity index (χ4n) is 2.08. The lowest BCUT2D eigenvalue weighted by Crippen LogP contribution is -2.18. The maximum absolute atomic E-state index is 6.06. The van der Waals surface area contributed by atoms with Gasteiger partial charge in [0.25, 0.3) is 0 Å². The first kappa shape index (κ1) is 13.6. The Morgan fingerprint density at radius 2 is 1.89 bits per heavy atom. The van der Waals surface area contributed by atoms with Crippen molar-refractivity contribution in [3.8, 4) is 0 Å². The van der Waals surface area contributed by atoms with Crippen molar-refractivity contribution in [2.24, 2.45) is 0 Å². The molecular formula is C15H15BrClN. The number of benzene rings is 2. The maximum atomic E-state index is 6.06. The molecule has 2 aromatic rings. The summed E-state index contributed by atoms with van der Waals surface area (Å²) in [5, 5.41) is 4.10. The highest BCUT2D eigenvalue weighted by atomic mass is 79.9. The van der Waals surface area contributed by atoms with Gasteiger partial charge in [-0.15, -0.1) is 0 Å². The van der Waals surface area contributed by atoms with E-state index in [0.29, 0.717) is 0 Å². The van der Waals surface area contributed by atoms with Gasteiger partial charge in [0.1, 0.15) is 0 Å². The van der Waals surface area contributed by atoms with Gasteiger partial charge in [0.2, 0.25) is 0 Å². The number of hydrogen-bond acceptors (Lipinski definition) is 1. The van der Waals surface area contributed by atoms with Crippen molar-refractivity contribution in [3.63, 3.8) is 0 Å². The third-order valence-corrected chi connectivity index (χ3v) is 4.32. The third kappa shape index (κ3) is 2.77. The summed E-state index contributed by atoms with van der Waals surface area (Å²) >= 11 is 9.73. The molecule has 0 saturated carbocycles. The Bertz CT molecular complexity index is 554. The van der Waals surface area contributed by atoms with Gasteiger partial charge < -0.3 is 5.32 Å². The van der Waals surface area contributed by atoms with Gasteiger partial charge >= 0.3 is 0 Å². The fourth-order valence-corrected chi connectivity index (χ4v) is 2.77. The molecule has 0 fully saturated rings. The Kier molecular flexibility index (Phi) is 4.44. The molecule has 0 heterocycles. The van der Waals surface area contributed by atoms with Crippen LogP contribution in [-0.4, -0.2) is 7.05 Å². The molecule has 1 N–H and O–H groups in total. The number of aryl methyl sites for hydroxylation is 1. The Morgan fingerprint density at radius 3 is 2.56 bits per heavy atom. The summed E-state index contributed by atoms with van der Waals surface area (Å²) in [5.41, 5.74) is 3.62. The lowest BCUT2D eigenvalue weighted by molar-refractivity contribution is 0.688. The zero-order valence-corrected chi connectivity index (χ0v) is 12.7. The Morgan fingerprint density at radius 1 is 1.17 bits per heavy atom. The summed E-state index contributed by atoms with van der Waals surface area (Å²) in [7, 11) is 1.96. The van der Waals surface area contributed by atoms with Gasteiger partial charge in [0.05, 0.1) is 6.04 Å². The first-order valence-corrected chi connectivity index (χ1v) is 6.98. The normalized spacial score (nSPS) is 12.4. The van der Waals surface area contributed by atoms with Crippen molar-refractivity contribution in [2.75, 3.05) is 7.05 Å². The lowest BCUT2D eigenvalue weighted by Gasteiger charge is -2.20. The fraction of sp³-hybridized carbons (Fsp3) is 0.200. The highest BCUT2D eigenvalue weighted by molar-refractivity contribution is 9.10. The van der Waals surface area contributed by atoms with Crippen molar-refractivity contribution in [1.82, 2.24) is 5.32 Å². The molecular weight excluding hydrogens is 310 g/mol. The van der Waals surface area contributed by atoms with Gasteiger partial charge in [-0.1, -0.05) is 57.9 Å². The molecule has 0 radical (unpaired) electrons. The molecule has 94 valence electrons.